The number of carbonyl (C=O) groups is 2. The highest BCUT2D eigenvalue weighted by molar-refractivity contribution is 6.50. The van der Waals surface area contributed by atoms with Crippen LogP contribution in [0.25, 0.3) is 0 Å². The molecule has 19 heavy (non-hydrogen) atoms. The van der Waals surface area contributed by atoms with Gasteiger partial charge in [-0.3, -0.25) is 19.9 Å². The number of rotatable bonds is 2. The van der Waals surface area contributed by atoms with Crippen LogP contribution in [0.4, 0.5) is 5.69 Å². The summed E-state index contributed by atoms with van der Waals surface area (Å²) in [6.07, 6.45) is 0. The highest BCUT2D eigenvalue weighted by Gasteiger charge is 2.31. The molecule has 0 saturated carbocycles. The van der Waals surface area contributed by atoms with Gasteiger partial charge < -0.3 is 0 Å². The van der Waals surface area contributed by atoms with E-state index in [0.29, 0.717) is 11.1 Å². The van der Waals surface area contributed by atoms with E-state index in [0.717, 1.165) is 10.6 Å². The molecule has 1 aromatic carbocycles. The number of hydrazone groups is 1. The van der Waals surface area contributed by atoms with Gasteiger partial charge in [0.05, 0.1) is 5.69 Å². The maximum atomic E-state index is 12.0. The molecule has 5 heteroatoms. The molecule has 0 fully saturated rings. The molecule has 0 aromatic heterocycles. The van der Waals surface area contributed by atoms with Crippen molar-refractivity contribution in [3.8, 4) is 0 Å². The predicted molar refractivity (Wildman–Crippen MR) is 73.7 cm³/mol. The summed E-state index contributed by atoms with van der Waals surface area (Å²) < 4.78 is 0. The molecular formula is C14H15N3O2. The number of anilines is 1. The molecule has 2 amide bonds. The first-order valence-corrected chi connectivity index (χ1v) is 5.91. The molecule has 1 aromatic rings. The third-order valence-corrected chi connectivity index (χ3v) is 3.12. The van der Waals surface area contributed by atoms with Gasteiger partial charge in [-0.15, -0.1) is 0 Å². The molecule has 5 nitrogen and oxygen atoms in total. The van der Waals surface area contributed by atoms with Gasteiger partial charge in [0, 0.05) is 12.6 Å². The SMILES string of the molecule is CC1=C(C)/C(=N/Nc2ccccc2)C(=O)N(C)C1=O. The fraction of sp³-hybridized carbons (Fsp3) is 0.214. The lowest BCUT2D eigenvalue weighted by Crippen LogP contribution is -2.44. The predicted octanol–water partition coefficient (Wildman–Crippen LogP) is 1.79. The van der Waals surface area contributed by atoms with Crippen molar-refractivity contribution in [2.45, 2.75) is 13.8 Å². The smallest absolute Gasteiger partial charge is 0.278 e. The number of para-hydroxylation sites is 1. The molecular weight excluding hydrogens is 242 g/mol. The van der Waals surface area contributed by atoms with Crippen LogP contribution in [0.1, 0.15) is 13.8 Å². The van der Waals surface area contributed by atoms with Crippen LogP contribution in [0.5, 0.6) is 0 Å². The van der Waals surface area contributed by atoms with E-state index in [1.807, 2.05) is 30.3 Å². The Morgan fingerprint density at radius 1 is 1.00 bits per heavy atom. The molecule has 0 bridgehead atoms. The van der Waals surface area contributed by atoms with Gasteiger partial charge >= 0.3 is 0 Å². The quantitative estimate of drug-likeness (QED) is 0.649. The van der Waals surface area contributed by atoms with Crippen molar-refractivity contribution < 1.29 is 9.59 Å². The molecule has 0 unspecified atom stereocenters. The normalized spacial score (nSPS) is 18.3. The summed E-state index contributed by atoms with van der Waals surface area (Å²) in [7, 11) is 1.46. The Kier molecular flexibility index (Phi) is 3.46. The zero-order valence-electron chi connectivity index (χ0n) is 11.1. The standard InChI is InChI=1S/C14H15N3O2/c1-9-10(2)13(18)17(3)14(19)12(9)16-15-11-7-5-4-6-8-11/h4-8,15H,1-3H3/b16-12-. The van der Waals surface area contributed by atoms with Gasteiger partial charge in [0.2, 0.25) is 0 Å². The molecule has 0 saturated heterocycles. The summed E-state index contributed by atoms with van der Waals surface area (Å²) >= 11 is 0. The summed E-state index contributed by atoms with van der Waals surface area (Å²) in [6, 6.07) is 9.33. The van der Waals surface area contributed by atoms with E-state index >= 15 is 0 Å². The van der Waals surface area contributed by atoms with Crippen molar-refractivity contribution in [3.05, 3.63) is 41.5 Å². The maximum absolute atomic E-state index is 12.0. The summed E-state index contributed by atoms with van der Waals surface area (Å²) in [6.45, 7) is 3.42. The minimum atomic E-state index is -0.392. The highest BCUT2D eigenvalue weighted by atomic mass is 16.2. The first-order chi connectivity index (χ1) is 9.02. The molecule has 1 aliphatic rings. The second-order valence-electron chi connectivity index (χ2n) is 4.36. The Morgan fingerprint density at radius 2 is 1.63 bits per heavy atom. The first-order valence-electron chi connectivity index (χ1n) is 5.91. The van der Waals surface area contributed by atoms with Crippen molar-refractivity contribution >= 4 is 23.2 Å². The van der Waals surface area contributed by atoms with Crippen LogP contribution in [0.2, 0.25) is 0 Å². The molecule has 98 valence electrons. The van der Waals surface area contributed by atoms with Gasteiger partial charge in [0.25, 0.3) is 11.8 Å². The molecule has 2 rings (SSSR count). The largest absolute Gasteiger partial charge is 0.281 e. The van der Waals surface area contributed by atoms with Gasteiger partial charge in [-0.25, -0.2) is 0 Å². The van der Waals surface area contributed by atoms with E-state index in [1.165, 1.54) is 7.05 Å². The lowest BCUT2D eigenvalue weighted by molar-refractivity contribution is -0.137. The van der Waals surface area contributed by atoms with E-state index < -0.39 is 5.91 Å². The number of hydrogen-bond acceptors (Lipinski definition) is 4. The first kappa shape index (κ1) is 13.0. The molecule has 1 aliphatic heterocycles. The van der Waals surface area contributed by atoms with Gasteiger partial charge in [0.1, 0.15) is 0 Å². The number of imide groups is 1. The van der Waals surface area contributed by atoms with Crippen molar-refractivity contribution in [1.82, 2.24) is 4.90 Å². The minimum absolute atomic E-state index is 0.267. The van der Waals surface area contributed by atoms with Gasteiger partial charge in [0.15, 0.2) is 5.71 Å². The van der Waals surface area contributed by atoms with Crippen molar-refractivity contribution in [1.29, 1.82) is 0 Å². The number of benzene rings is 1. The number of hydrogen-bond donors (Lipinski definition) is 1. The van der Waals surface area contributed by atoms with E-state index in [4.69, 9.17) is 0 Å². The van der Waals surface area contributed by atoms with Crippen LogP contribution in [0, 0.1) is 0 Å². The topological polar surface area (TPSA) is 61.8 Å². The van der Waals surface area contributed by atoms with Gasteiger partial charge in [-0.1, -0.05) is 18.2 Å². The van der Waals surface area contributed by atoms with E-state index in [1.54, 1.807) is 13.8 Å². The second-order valence-corrected chi connectivity index (χ2v) is 4.36. The van der Waals surface area contributed by atoms with Crippen LogP contribution in [-0.2, 0) is 9.59 Å². The maximum Gasteiger partial charge on any atom is 0.281 e. The third-order valence-electron chi connectivity index (χ3n) is 3.12. The fourth-order valence-electron chi connectivity index (χ4n) is 1.77. The molecule has 1 N–H and O–H groups in total. The molecule has 1 heterocycles. The van der Waals surface area contributed by atoms with Gasteiger partial charge in [-0.2, -0.15) is 5.10 Å². The van der Waals surface area contributed by atoms with E-state index in [2.05, 4.69) is 10.5 Å². The van der Waals surface area contributed by atoms with Crippen LogP contribution in [0.15, 0.2) is 46.6 Å². The molecule has 0 aliphatic carbocycles. The van der Waals surface area contributed by atoms with Gasteiger partial charge in [-0.05, 0) is 31.6 Å². The zero-order chi connectivity index (χ0) is 14.0. The van der Waals surface area contributed by atoms with Crippen molar-refractivity contribution in [2.75, 3.05) is 12.5 Å². The van der Waals surface area contributed by atoms with E-state index in [9.17, 15) is 9.59 Å². The number of amides is 2. The van der Waals surface area contributed by atoms with Crippen LogP contribution >= 0.6 is 0 Å². The minimum Gasteiger partial charge on any atom is -0.278 e. The summed E-state index contributed by atoms with van der Waals surface area (Å²) in [5.74, 6) is -0.669. The zero-order valence-corrected chi connectivity index (χ0v) is 11.1. The second kappa shape index (κ2) is 5.06. The Hall–Kier alpha value is -2.43. The Labute approximate surface area is 111 Å². The van der Waals surface area contributed by atoms with Crippen LogP contribution in [0.3, 0.4) is 0 Å². The summed E-state index contributed by atoms with van der Waals surface area (Å²) in [4.78, 5) is 24.8. The lowest BCUT2D eigenvalue weighted by atomic mass is 10.00. The number of likely N-dealkylation sites (N-methyl/N-ethyl adjacent to an activating group) is 1. The van der Waals surface area contributed by atoms with Crippen molar-refractivity contribution in [3.63, 3.8) is 0 Å². The van der Waals surface area contributed by atoms with Crippen molar-refractivity contribution in [2.24, 2.45) is 5.10 Å². The average molecular weight is 257 g/mol. The monoisotopic (exact) mass is 257 g/mol. The van der Waals surface area contributed by atoms with Crippen LogP contribution in [-0.4, -0.2) is 29.5 Å². The fourth-order valence-corrected chi connectivity index (χ4v) is 1.77. The molecule has 0 atom stereocenters. The summed E-state index contributed by atoms with van der Waals surface area (Å²) in [5.41, 5.74) is 5.02. The summed E-state index contributed by atoms with van der Waals surface area (Å²) in [5, 5.41) is 4.12. The van der Waals surface area contributed by atoms with Crippen LogP contribution < -0.4 is 5.43 Å². The highest BCUT2D eigenvalue weighted by Crippen LogP contribution is 2.17. The number of nitrogens with zero attached hydrogens (tertiary/aromatic N) is 2. The molecule has 0 spiro atoms. The van der Waals surface area contributed by atoms with E-state index in [-0.39, 0.29) is 11.6 Å². The third kappa shape index (κ3) is 2.40. The number of nitrogens with one attached hydrogen (secondary N) is 1. The lowest BCUT2D eigenvalue weighted by Gasteiger charge is -2.23. The average Bonchev–Trinajstić information content (AvgIpc) is 2.44. The Morgan fingerprint density at radius 3 is 2.26 bits per heavy atom. The Balaban J connectivity index is 2.33. The number of carbonyl (C=O) groups excluding carboxylic acids is 2. The Bertz CT molecular complexity index is 588. The molecule has 0 radical (unpaired) electrons.